The highest BCUT2D eigenvalue weighted by molar-refractivity contribution is 6.04. The third-order valence-electron chi connectivity index (χ3n) is 6.25. The van der Waals surface area contributed by atoms with E-state index in [1.807, 2.05) is 32.9 Å². The van der Waals surface area contributed by atoms with E-state index in [9.17, 15) is 9.59 Å². The molecular weight excluding hydrogens is 366 g/mol. The van der Waals surface area contributed by atoms with Gasteiger partial charge in [-0.3, -0.25) is 9.59 Å². The summed E-state index contributed by atoms with van der Waals surface area (Å²) in [6.07, 6.45) is 0. The van der Waals surface area contributed by atoms with Crippen molar-refractivity contribution in [2.45, 2.75) is 40.3 Å². The Morgan fingerprint density at radius 1 is 1.10 bits per heavy atom. The normalized spacial score (nSPS) is 20.3. The number of aromatic nitrogens is 1. The Bertz CT molecular complexity index is 878. The molecule has 1 aromatic carbocycles. The van der Waals surface area contributed by atoms with Crippen LogP contribution in [0.25, 0.3) is 0 Å². The second kappa shape index (κ2) is 8.93. The van der Waals surface area contributed by atoms with Crippen molar-refractivity contribution in [2.24, 2.45) is 0 Å². The number of benzene rings is 1. The number of ether oxygens (including phenoxy) is 1. The van der Waals surface area contributed by atoms with Crippen molar-refractivity contribution in [1.82, 2.24) is 4.98 Å². The van der Waals surface area contributed by atoms with Gasteiger partial charge in [0.25, 0.3) is 0 Å². The summed E-state index contributed by atoms with van der Waals surface area (Å²) in [7, 11) is 1.68. The molecule has 0 amide bonds. The van der Waals surface area contributed by atoms with Crippen LogP contribution in [0.3, 0.4) is 0 Å². The van der Waals surface area contributed by atoms with Crippen molar-refractivity contribution in [3.8, 4) is 5.75 Å². The van der Waals surface area contributed by atoms with E-state index in [4.69, 9.17) is 4.74 Å². The van der Waals surface area contributed by atoms with Crippen LogP contribution in [0.4, 0.5) is 0 Å². The monoisotopic (exact) mass is 399 g/mol. The molecule has 1 atom stereocenters. The minimum Gasteiger partial charge on any atom is -0.497 e. The van der Waals surface area contributed by atoms with E-state index >= 15 is 0 Å². The number of carbonyl (C=O) groups is 2. The third kappa shape index (κ3) is 4.60. The molecule has 0 bridgehead atoms. The molecule has 1 aromatic heterocycles. The average Bonchev–Trinajstić information content (AvgIpc) is 3.02. The molecular formula is C23H33N3O3+2. The summed E-state index contributed by atoms with van der Waals surface area (Å²) in [5.74, 6) is 0.992. The number of ketones is 2. The zero-order valence-electron chi connectivity index (χ0n) is 18.1. The number of methoxy groups -OCH3 is 1. The van der Waals surface area contributed by atoms with Crippen LogP contribution >= 0.6 is 0 Å². The average molecular weight is 400 g/mol. The van der Waals surface area contributed by atoms with Crippen LogP contribution in [0.2, 0.25) is 0 Å². The fourth-order valence-electron chi connectivity index (χ4n) is 4.49. The molecule has 3 rings (SSSR count). The second-order valence-corrected chi connectivity index (χ2v) is 8.20. The summed E-state index contributed by atoms with van der Waals surface area (Å²) in [5, 5.41) is 0. The van der Waals surface area contributed by atoms with Crippen molar-refractivity contribution < 1.29 is 24.1 Å². The van der Waals surface area contributed by atoms with Gasteiger partial charge in [-0.05, 0) is 57.5 Å². The van der Waals surface area contributed by atoms with Crippen LogP contribution < -0.4 is 14.5 Å². The summed E-state index contributed by atoms with van der Waals surface area (Å²) in [6, 6.07) is 8.15. The molecule has 2 heterocycles. The first-order valence-corrected chi connectivity index (χ1v) is 10.4. The highest BCUT2D eigenvalue weighted by Gasteiger charge is 2.33. The molecule has 156 valence electrons. The first-order valence-electron chi connectivity index (χ1n) is 10.4. The fraction of sp³-hybridized carbons (Fsp3) is 0.478. The highest BCUT2D eigenvalue weighted by Crippen LogP contribution is 2.19. The Morgan fingerprint density at radius 3 is 2.24 bits per heavy atom. The molecule has 0 spiro atoms. The molecule has 2 aromatic rings. The molecule has 3 N–H and O–H groups in total. The minimum absolute atomic E-state index is 0.00560. The summed E-state index contributed by atoms with van der Waals surface area (Å²) in [4.78, 5) is 31.0. The highest BCUT2D eigenvalue weighted by atomic mass is 16.5. The van der Waals surface area contributed by atoms with Gasteiger partial charge in [-0.25, -0.2) is 0 Å². The number of hydrogen-bond acceptors (Lipinski definition) is 3. The van der Waals surface area contributed by atoms with E-state index in [0.717, 1.165) is 49.7 Å². The Balaban J connectivity index is 1.59. The van der Waals surface area contributed by atoms with Gasteiger partial charge in [-0.2, -0.15) is 0 Å². The summed E-state index contributed by atoms with van der Waals surface area (Å²) >= 11 is 0. The lowest BCUT2D eigenvalue weighted by molar-refractivity contribution is -1.02. The van der Waals surface area contributed by atoms with Crippen LogP contribution in [0.15, 0.2) is 24.3 Å². The van der Waals surface area contributed by atoms with Gasteiger partial charge in [-0.1, -0.05) is 0 Å². The number of quaternary nitrogens is 2. The van der Waals surface area contributed by atoms with E-state index < -0.39 is 0 Å². The quantitative estimate of drug-likeness (QED) is 0.591. The SMILES string of the molecule is COc1ccc(C[NH+]2CC[NH+]([C@@H](C)C(=O)c3[nH]c(C)c(C(C)=O)c3C)CC2)cc1. The van der Waals surface area contributed by atoms with Gasteiger partial charge >= 0.3 is 0 Å². The maximum Gasteiger partial charge on any atom is 0.235 e. The molecule has 0 aliphatic carbocycles. The molecule has 1 saturated heterocycles. The molecule has 0 saturated carbocycles. The Kier molecular flexibility index (Phi) is 6.55. The molecule has 1 fully saturated rings. The zero-order valence-corrected chi connectivity index (χ0v) is 18.1. The first kappa shape index (κ1) is 21.3. The maximum atomic E-state index is 13.1. The second-order valence-electron chi connectivity index (χ2n) is 8.20. The number of aromatic amines is 1. The lowest BCUT2D eigenvalue weighted by Gasteiger charge is -2.32. The van der Waals surface area contributed by atoms with E-state index in [-0.39, 0.29) is 17.6 Å². The third-order valence-corrected chi connectivity index (χ3v) is 6.25. The predicted octanol–water partition coefficient (Wildman–Crippen LogP) is 0.398. The summed E-state index contributed by atoms with van der Waals surface area (Å²) in [6.45, 7) is 12.3. The van der Waals surface area contributed by atoms with Crippen LogP contribution in [-0.4, -0.2) is 55.9 Å². The number of aryl methyl sites for hydroxylation is 1. The van der Waals surface area contributed by atoms with Gasteiger partial charge in [0.05, 0.1) is 12.8 Å². The lowest BCUT2D eigenvalue weighted by Crippen LogP contribution is -3.29. The molecule has 0 radical (unpaired) electrons. The molecule has 6 heteroatoms. The van der Waals surface area contributed by atoms with Crippen LogP contribution in [0, 0.1) is 13.8 Å². The van der Waals surface area contributed by atoms with Gasteiger partial charge in [0.1, 0.15) is 38.5 Å². The predicted molar refractivity (Wildman–Crippen MR) is 112 cm³/mol. The standard InChI is InChI=1S/C23H31N3O3/c1-15-21(18(4)27)16(2)24-22(15)23(28)17(3)26-12-10-25(11-13-26)14-19-6-8-20(29-5)9-7-19/h6-9,17,24H,10-14H2,1-5H3/p+2/t17-/m0/s1. The summed E-state index contributed by atoms with van der Waals surface area (Å²) in [5.41, 5.74) is 4.14. The number of nitrogens with one attached hydrogen (secondary N) is 3. The van der Waals surface area contributed by atoms with Gasteiger partial charge in [0, 0.05) is 16.8 Å². The van der Waals surface area contributed by atoms with Crippen LogP contribution in [0.1, 0.15) is 51.5 Å². The van der Waals surface area contributed by atoms with E-state index in [1.54, 1.807) is 18.9 Å². The van der Waals surface area contributed by atoms with Crippen molar-refractivity contribution in [2.75, 3.05) is 33.3 Å². The molecule has 0 unspecified atom stereocenters. The van der Waals surface area contributed by atoms with Gasteiger partial charge < -0.3 is 19.5 Å². The van der Waals surface area contributed by atoms with E-state index in [2.05, 4.69) is 17.1 Å². The lowest BCUT2D eigenvalue weighted by atomic mass is 10.0. The van der Waals surface area contributed by atoms with E-state index in [0.29, 0.717) is 11.3 Å². The van der Waals surface area contributed by atoms with Crippen molar-refractivity contribution in [1.29, 1.82) is 0 Å². The van der Waals surface area contributed by atoms with Crippen LogP contribution in [0.5, 0.6) is 5.75 Å². The smallest absolute Gasteiger partial charge is 0.235 e. The Hall–Kier alpha value is -2.44. The number of piperazine rings is 1. The Labute approximate surface area is 172 Å². The first-order chi connectivity index (χ1) is 13.8. The number of Topliss-reactive ketones (excluding diaryl/α,β-unsaturated/α-hetero) is 2. The Morgan fingerprint density at radius 2 is 1.72 bits per heavy atom. The molecule has 1 aliphatic heterocycles. The van der Waals surface area contributed by atoms with Crippen LogP contribution in [-0.2, 0) is 6.54 Å². The zero-order chi connectivity index (χ0) is 21.1. The largest absolute Gasteiger partial charge is 0.497 e. The molecule has 1 aliphatic rings. The van der Waals surface area contributed by atoms with Crippen molar-refractivity contribution in [3.05, 3.63) is 52.3 Å². The number of H-pyrrole nitrogens is 1. The van der Waals surface area contributed by atoms with Gasteiger partial charge in [0.15, 0.2) is 11.8 Å². The number of hydrogen-bond donors (Lipinski definition) is 3. The molecule has 29 heavy (non-hydrogen) atoms. The van der Waals surface area contributed by atoms with E-state index in [1.165, 1.54) is 10.5 Å². The summed E-state index contributed by atoms with van der Waals surface area (Å²) < 4.78 is 5.23. The fourth-order valence-corrected chi connectivity index (χ4v) is 4.49. The maximum absolute atomic E-state index is 13.1. The van der Waals surface area contributed by atoms with Gasteiger partial charge in [0.2, 0.25) is 5.78 Å². The van der Waals surface area contributed by atoms with Crippen molar-refractivity contribution in [3.63, 3.8) is 0 Å². The number of carbonyl (C=O) groups excluding carboxylic acids is 2. The molecule has 6 nitrogen and oxygen atoms in total. The number of rotatable bonds is 7. The van der Waals surface area contributed by atoms with Crippen molar-refractivity contribution >= 4 is 11.6 Å². The van der Waals surface area contributed by atoms with Gasteiger partial charge in [-0.15, -0.1) is 0 Å². The minimum atomic E-state index is -0.117. The topological polar surface area (TPSA) is 68.0 Å².